The largest absolute Gasteiger partial charge is 0.502 e. The zero-order valence-electron chi connectivity index (χ0n) is 20.2. The Kier molecular flexibility index (Phi) is 7.21. The zero-order valence-corrected chi connectivity index (χ0v) is 21.0. The van der Waals surface area contributed by atoms with Crippen molar-refractivity contribution < 1.29 is 33.6 Å². The highest BCUT2D eigenvalue weighted by Crippen LogP contribution is 2.55. The van der Waals surface area contributed by atoms with Crippen LogP contribution in [0.25, 0.3) is 0 Å². The highest BCUT2D eigenvalue weighted by atomic mass is 35.5. The highest BCUT2D eigenvalue weighted by Gasteiger charge is 2.52. The van der Waals surface area contributed by atoms with E-state index in [1.807, 2.05) is 26.2 Å². The van der Waals surface area contributed by atoms with Gasteiger partial charge in [0, 0.05) is 31.0 Å². The predicted octanol–water partition coefficient (Wildman–Crippen LogP) is 2.69. The number of phenolic OH excluding ortho intramolecular Hbond substituents is 1. The van der Waals surface area contributed by atoms with Crippen molar-refractivity contribution in [3.05, 3.63) is 41.0 Å². The fraction of sp³-hybridized carbons (Fsp3) is 0.480. The number of nitrogens with one attached hydrogen (secondary N) is 1. The monoisotopic (exact) mass is 506 g/mol. The fourth-order valence-electron chi connectivity index (χ4n) is 5.36. The molecule has 2 heterocycles. The Hall–Kier alpha value is -2.88. The summed E-state index contributed by atoms with van der Waals surface area (Å²) < 4.78 is 27.8. The van der Waals surface area contributed by atoms with Crippen LogP contribution < -0.4 is 24.3 Å². The number of hydrogen-bond donors (Lipinski definition) is 2. The summed E-state index contributed by atoms with van der Waals surface area (Å²) in [4.78, 5) is 15.2. The number of methoxy groups -OCH3 is 2. The van der Waals surface area contributed by atoms with Crippen molar-refractivity contribution in [1.29, 1.82) is 0 Å². The van der Waals surface area contributed by atoms with Crippen LogP contribution in [0, 0.1) is 11.8 Å². The van der Waals surface area contributed by atoms with Crippen molar-refractivity contribution in [1.82, 2.24) is 10.2 Å². The molecular formula is C25H31ClN2O7. The summed E-state index contributed by atoms with van der Waals surface area (Å²) >= 11 is 0. The van der Waals surface area contributed by atoms with Gasteiger partial charge in [-0.15, -0.1) is 12.4 Å². The van der Waals surface area contributed by atoms with Gasteiger partial charge in [0.25, 0.3) is 0 Å². The van der Waals surface area contributed by atoms with Crippen LogP contribution in [-0.2, 0) is 9.53 Å². The molecule has 1 fully saturated rings. The first-order valence-electron chi connectivity index (χ1n) is 11.4. The molecule has 10 heteroatoms. The van der Waals surface area contributed by atoms with E-state index in [9.17, 15) is 9.90 Å². The first-order valence-corrected chi connectivity index (χ1v) is 11.4. The minimum absolute atomic E-state index is 0. The molecule has 1 unspecified atom stereocenters. The Morgan fingerprint density at radius 1 is 1.03 bits per heavy atom. The van der Waals surface area contributed by atoms with Crippen LogP contribution in [0.4, 0.5) is 0 Å². The van der Waals surface area contributed by atoms with Crippen molar-refractivity contribution in [2.24, 2.45) is 11.8 Å². The van der Waals surface area contributed by atoms with E-state index in [-0.39, 0.29) is 60.3 Å². The van der Waals surface area contributed by atoms with Crippen LogP contribution in [0.5, 0.6) is 28.7 Å². The molecule has 0 saturated carbocycles. The van der Waals surface area contributed by atoms with Crippen molar-refractivity contribution in [2.45, 2.75) is 12.0 Å². The number of esters is 1. The van der Waals surface area contributed by atoms with E-state index in [0.717, 1.165) is 29.8 Å². The number of nitrogens with zero attached hydrogens (tertiary/aromatic N) is 1. The van der Waals surface area contributed by atoms with E-state index in [0.29, 0.717) is 18.1 Å². The molecule has 4 atom stereocenters. The maximum atomic E-state index is 13.1. The van der Waals surface area contributed by atoms with Crippen LogP contribution in [0.3, 0.4) is 0 Å². The number of rotatable bonds is 7. The summed E-state index contributed by atoms with van der Waals surface area (Å²) in [7, 11) is 7.04. The van der Waals surface area contributed by atoms with Gasteiger partial charge < -0.3 is 39.0 Å². The number of fused-ring (bicyclic) bond motifs is 3. The molecule has 0 bridgehead atoms. The molecule has 2 N–H and O–H groups in total. The maximum Gasteiger partial charge on any atom is 0.310 e. The number of ether oxygens (including phenoxy) is 5. The van der Waals surface area contributed by atoms with Crippen LogP contribution in [-0.4, -0.2) is 70.8 Å². The molecule has 5 rings (SSSR count). The van der Waals surface area contributed by atoms with Gasteiger partial charge in [0.05, 0.1) is 26.7 Å². The lowest BCUT2D eigenvalue weighted by Crippen LogP contribution is -2.42. The maximum absolute atomic E-state index is 13.1. The van der Waals surface area contributed by atoms with Gasteiger partial charge >= 0.3 is 5.97 Å². The van der Waals surface area contributed by atoms with Gasteiger partial charge in [0.2, 0.25) is 12.5 Å². The third-order valence-electron chi connectivity index (χ3n) is 6.97. The van der Waals surface area contributed by atoms with E-state index in [1.54, 1.807) is 12.1 Å². The lowest BCUT2D eigenvalue weighted by atomic mass is 9.65. The van der Waals surface area contributed by atoms with E-state index in [1.165, 1.54) is 14.2 Å². The lowest BCUT2D eigenvalue weighted by Gasteiger charge is -2.40. The Morgan fingerprint density at radius 3 is 2.26 bits per heavy atom. The van der Waals surface area contributed by atoms with Crippen LogP contribution in [0.2, 0.25) is 0 Å². The average molecular weight is 507 g/mol. The highest BCUT2D eigenvalue weighted by molar-refractivity contribution is 5.85. The SMILES string of the molecule is COc1cc([C@H]2c3cc4c(cc3[C@@H](NCCN(C)C)C3COC(=O)[C@@H]32)OCO4)cc(OC)c1O.Cl. The van der Waals surface area contributed by atoms with Crippen LogP contribution in [0.1, 0.15) is 28.7 Å². The lowest BCUT2D eigenvalue weighted by molar-refractivity contribution is -0.141. The van der Waals surface area contributed by atoms with Crippen LogP contribution >= 0.6 is 12.4 Å². The normalized spacial score (nSPS) is 23.9. The molecule has 0 radical (unpaired) electrons. The Morgan fingerprint density at radius 2 is 1.66 bits per heavy atom. The number of phenols is 1. The summed E-state index contributed by atoms with van der Waals surface area (Å²) in [6.45, 7) is 2.12. The van der Waals surface area contributed by atoms with E-state index >= 15 is 0 Å². The summed E-state index contributed by atoms with van der Waals surface area (Å²) in [6.07, 6.45) is 0. The van der Waals surface area contributed by atoms with E-state index in [2.05, 4.69) is 10.2 Å². The minimum Gasteiger partial charge on any atom is -0.502 e. The van der Waals surface area contributed by atoms with Gasteiger partial charge in [0.1, 0.15) is 0 Å². The summed E-state index contributed by atoms with van der Waals surface area (Å²) in [6, 6.07) is 7.43. The zero-order chi connectivity index (χ0) is 24.0. The van der Waals surface area contributed by atoms with Crippen molar-refractivity contribution in [3.63, 3.8) is 0 Å². The standard InChI is InChI=1S/C25H30N2O7.ClH/c1-27(2)6-5-26-23-15-10-18-17(33-12-34-18)9-14(15)21(22-16(23)11-32-25(22)29)13-7-19(30-3)24(28)20(8-13)31-4;/h7-10,16,21-23,26,28H,5-6,11-12H2,1-4H3;1H/t16?,21-,22-,23+;/m0./s1. The summed E-state index contributed by atoms with van der Waals surface area (Å²) in [5.74, 6) is 0.783. The third kappa shape index (κ3) is 4.32. The summed E-state index contributed by atoms with van der Waals surface area (Å²) in [5, 5.41) is 14.1. The molecule has 0 spiro atoms. The van der Waals surface area contributed by atoms with Crippen molar-refractivity contribution >= 4 is 18.4 Å². The van der Waals surface area contributed by atoms with Gasteiger partial charge in [-0.05, 0) is 55.1 Å². The number of likely N-dealkylation sites (N-methyl/N-ethyl adjacent to an activating group) is 1. The number of halogens is 1. The first kappa shape index (κ1) is 25.2. The number of carbonyl (C=O) groups excluding carboxylic acids is 1. The molecule has 0 aromatic heterocycles. The van der Waals surface area contributed by atoms with Gasteiger partial charge in [-0.1, -0.05) is 0 Å². The van der Waals surface area contributed by atoms with E-state index in [4.69, 9.17) is 23.7 Å². The molecule has 35 heavy (non-hydrogen) atoms. The minimum atomic E-state index is -0.413. The van der Waals surface area contributed by atoms with E-state index < -0.39 is 5.92 Å². The second-order valence-corrected chi connectivity index (χ2v) is 9.14. The average Bonchev–Trinajstić information content (AvgIpc) is 3.44. The summed E-state index contributed by atoms with van der Waals surface area (Å²) in [5.41, 5.74) is 2.81. The second-order valence-electron chi connectivity index (χ2n) is 9.14. The Labute approximate surface area is 210 Å². The second kappa shape index (κ2) is 10.0. The first-order chi connectivity index (χ1) is 16.4. The molecule has 3 aliphatic rings. The molecule has 190 valence electrons. The number of hydrogen-bond acceptors (Lipinski definition) is 9. The molecule has 2 aromatic rings. The van der Waals surface area contributed by atoms with Gasteiger partial charge in [0.15, 0.2) is 23.0 Å². The molecule has 9 nitrogen and oxygen atoms in total. The molecule has 2 aliphatic heterocycles. The van der Waals surface area contributed by atoms with Crippen molar-refractivity contribution in [3.8, 4) is 28.7 Å². The number of cyclic esters (lactones) is 1. The number of benzene rings is 2. The quantitative estimate of drug-likeness (QED) is 0.549. The molecule has 0 amide bonds. The van der Waals surface area contributed by atoms with Crippen LogP contribution in [0.15, 0.2) is 24.3 Å². The Balaban J connectivity index is 0.00000289. The molecule has 2 aromatic carbocycles. The molecule has 1 saturated heterocycles. The van der Waals surface area contributed by atoms with Crippen molar-refractivity contribution in [2.75, 3.05) is 54.8 Å². The smallest absolute Gasteiger partial charge is 0.310 e. The third-order valence-corrected chi connectivity index (χ3v) is 6.97. The number of carbonyl (C=O) groups is 1. The fourth-order valence-corrected chi connectivity index (χ4v) is 5.36. The molecular weight excluding hydrogens is 476 g/mol. The van der Waals surface area contributed by atoms with Gasteiger partial charge in [-0.25, -0.2) is 0 Å². The van der Waals surface area contributed by atoms with Gasteiger partial charge in [-0.2, -0.15) is 0 Å². The predicted molar refractivity (Wildman–Crippen MR) is 130 cm³/mol. The number of aromatic hydroxyl groups is 1. The topological polar surface area (TPSA) is 98.7 Å². The Bertz CT molecular complexity index is 1080. The molecule has 1 aliphatic carbocycles. The van der Waals surface area contributed by atoms with Gasteiger partial charge in [-0.3, -0.25) is 4.79 Å².